The molecule has 9 heteroatoms. The van der Waals surface area contributed by atoms with Gasteiger partial charge in [-0.2, -0.15) is 5.10 Å². The van der Waals surface area contributed by atoms with Crippen LogP contribution in [0.3, 0.4) is 0 Å². The zero-order valence-corrected chi connectivity index (χ0v) is 13.2. The van der Waals surface area contributed by atoms with Crippen LogP contribution in [-0.4, -0.2) is 41.3 Å². The molecule has 2 heterocycles. The van der Waals surface area contributed by atoms with E-state index >= 15 is 0 Å². The molecule has 0 aliphatic carbocycles. The van der Waals surface area contributed by atoms with Crippen LogP contribution in [0.25, 0.3) is 0 Å². The van der Waals surface area contributed by atoms with Crippen LogP contribution in [0, 0.1) is 0 Å². The summed E-state index contributed by atoms with van der Waals surface area (Å²) in [5, 5.41) is 7.11. The van der Waals surface area contributed by atoms with Crippen LogP contribution < -0.4 is 10.0 Å². The smallest absolute Gasteiger partial charge is 0.242 e. The molecule has 2 N–H and O–H groups in total. The summed E-state index contributed by atoms with van der Waals surface area (Å²) in [6.07, 6.45) is 3.65. The first-order valence-electron chi connectivity index (χ1n) is 6.56. The summed E-state index contributed by atoms with van der Waals surface area (Å²) in [5.74, 6) is 0.615. The van der Waals surface area contributed by atoms with E-state index in [4.69, 9.17) is 0 Å². The average Bonchev–Trinajstić information content (AvgIpc) is 2.98. The van der Waals surface area contributed by atoms with Gasteiger partial charge in [0.2, 0.25) is 10.0 Å². The lowest BCUT2D eigenvalue weighted by Crippen LogP contribution is -2.26. The molecular formula is C12H20N6O2S. The van der Waals surface area contributed by atoms with Gasteiger partial charge >= 0.3 is 0 Å². The quantitative estimate of drug-likeness (QED) is 0.711. The van der Waals surface area contributed by atoms with Crippen molar-refractivity contribution in [1.82, 2.24) is 29.4 Å². The number of hydrogen-bond acceptors (Lipinski definition) is 5. The first-order valence-corrected chi connectivity index (χ1v) is 8.04. The molecule has 0 radical (unpaired) electrons. The van der Waals surface area contributed by atoms with E-state index in [2.05, 4.69) is 20.1 Å². The van der Waals surface area contributed by atoms with E-state index in [1.807, 2.05) is 14.1 Å². The molecule has 0 unspecified atom stereocenters. The second-order valence-electron chi connectivity index (χ2n) is 4.79. The third-order valence-electron chi connectivity index (χ3n) is 3.04. The summed E-state index contributed by atoms with van der Waals surface area (Å²) >= 11 is 0. The zero-order chi connectivity index (χ0) is 15.5. The fourth-order valence-electron chi connectivity index (χ4n) is 1.96. The van der Waals surface area contributed by atoms with Gasteiger partial charge in [0.1, 0.15) is 6.33 Å². The predicted octanol–water partition coefficient (Wildman–Crippen LogP) is -0.606. The number of aryl methyl sites for hydroxylation is 2. The largest absolute Gasteiger partial charge is 0.352 e. The maximum absolute atomic E-state index is 12.2. The fraction of sp³-hybridized carbons (Fsp3) is 0.500. The minimum Gasteiger partial charge on any atom is -0.352 e. The van der Waals surface area contributed by atoms with Crippen molar-refractivity contribution in [3.63, 3.8) is 0 Å². The first kappa shape index (κ1) is 15.7. The summed E-state index contributed by atoms with van der Waals surface area (Å²) < 4.78 is 30.4. The number of sulfonamides is 1. The van der Waals surface area contributed by atoms with Crippen LogP contribution in [0.5, 0.6) is 0 Å². The molecule has 21 heavy (non-hydrogen) atoms. The van der Waals surface area contributed by atoms with Crippen LogP contribution in [0.15, 0.2) is 23.5 Å². The van der Waals surface area contributed by atoms with E-state index in [1.165, 1.54) is 0 Å². The van der Waals surface area contributed by atoms with Crippen molar-refractivity contribution >= 4 is 10.0 Å². The minimum atomic E-state index is -3.50. The molecule has 116 valence electrons. The van der Waals surface area contributed by atoms with Gasteiger partial charge in [0.05, 0.1) is 4.90 Å². The lowest BCUT2D eigenvalue weighted by Gasteiger charge is -2.03. The number of hydrogen-bond donors (Lipinski definition) is 2. The molecule has 0 saturated carbocycles. The summed E-state index contributed by atoms with van der Waals surface area (Å²) in [4.78, 5) is 4.32. The van der Waals surface area contributed by atoms with Crippen molar-refractivity contribution in [3.05, 3.63) is 30.1 Å². The number of aromatic nitrogens is 4. The highest BCUT2D eigenvalue weighted by Crippen LogP contribution is 2.13. The van der Waals surface area contributed by atoms with Crippen LogP contribution in [0.4, 0.5) is 0 Å². The highest BCUT2D eigenvalue weighted by molar-refractivity contribution is 7.89. The Kier molecular flexibility index (Phi) is 4.76. The summed E-state index contributed by atoms with van der Waals surface area (Å²) in [5.41, 5.74) is 0.907. The van der Waals surface area contributed by atoms with Crippen LogP contribution in [0.1, 0.15) is 11.5 Å². The second-order valence-corrected chi connectivity index (χ2v) is 6.56. The zero-order valence-electron chi connectivity index (χ0n) is 12.4. The van der Waals surface area contributed by atoms with Gasteiger partial charge < -0.3 is 9.88 Å². The van der Waals surface area contributed by atoms with Gasteiger partial charge in [-0.25, -0.2) is 18.1 Å². The van der Waals surface area contributed by atoms with Crippen LogP contribution >= 0.6 is 0 Å². The number of nitrogens with one attached hydrogen (secondary N) is 2. The first-order chi connectivity index (χ1) is 9.92. The number of nitrogens with zero attached hydrogens (tertiary/aromatic N) is 4. The van der Waals surface area contributed by atoms with Gasteiger partial charge in [0.25, 0.3) is 0 Å². The SMILES string of the molecule is CNCc1cc(S(=O)(=O)NCCc2ncn(C)n2)cn1C. The highest BCUT2D eigenvalue weighted by atomic mass is 32.2. The number of rotatable bonds is 7. The van der Waals surface area contributed by atoms with Gasteiger partial charge in [-0.1, -0.05) is 0 Å². The minimum absolute atomic E-state index is 0.266. The Morgan fingerprint density at radius 3 is 2.71 bits per heavy atom. The third kappa shape index (κ3) is 3.90. The summed E-state index contributed by atoms with van der Waals surface area (Å²) in [6.45, 7) is 0.881. The Balaban J connectivity index is 1.99. The Morgan fingerprint density at radius 2 is 2.10 bits per heavy atom. The molecule has 0 aliphatic rings. The predicted molar refractivity (Wildman–Crippen MR) is 78.1 cm³/mol. The van der Waals surface area contributed by atoms with E-state index in [-0.39, 0.29) is 11.4 Å². The van der Waals surface area contributed by atoms with Gasteiger partial charge in [-0.05, 0) is 13.1 Å². The molecular weight excluding hydrogens is 292 g/mol. The van der Waals surface area contributed by atoms with Crippen molar-refractivity contribution < 1.29 is 8.42 Å². The molecule has 8 nitrogen and oxygen atoms in total. The molecule has 0 amide bonds. The molecule has 0 saturated heterocycles. The highest BCUT2D eigenvalue weighted by Gasteiger charge is 2.17. The van der Waals surface area contributed by atoms with Gasteiger partial charge in [-0.15, -0.1) is 0 Å². The molecule has 2 rings (SSSR count). The fourth-order valence-corrected chi connectivity index (χ4v) is 3.09. The molecule has 0 spiro atoms. The van der Waals surface area contributed by atoms with E-state index in [9.17, 15) is 8.42 Å². The van der Waals surface area contributed by atoms with Crippen molar-refractivity contribution in [2.45, 2.75) is 17.9 Å². The lowest BCUT2D eigenvalue weighted by atomic mass is 10.4. The molecule has 2 aromatic rings. The second kappa shape index (κ2) is 6.37. The standard InChI is InChI=1S/C12H20N6O2S/c1-13-7-10-6-11(8-17(10)2)21(19,20)15-5-4-12-14-9-18(3)16-12/h6,8-9,13,15H,4-5,7H2,1-3H3. The third-order valence-corrected chi connectivity index (χ3v) is 4.47. The molecule has 0 atom stereocenters. The lowest BCUT2D eigenvalue weighted by molar-refractivity contribution is 0.580. The Hall–Kier alpha value is -1.71. The normalized spacial score (nSPS) is 12.0. The van der Waals surface area contributed by atoms with Crippen LogP contribution in [0.2, 0.25) is 0 Å². The molecule has 0 aliphatic heterocycles. The van der Waals surface area contributed by atoms with Crippen molar-refractivity contribution in [2.75, 3.05) is 13.6 Å². The summed E-state index contributed by atoms with van der Waals surface area (Å²) in [7, 11) is 1.91. The molecule has 2 aromatic heterocycles. The Morgan fingerprint density at radius 1 is 1.33 bits per heavy atom. The van der Waals surface area contributed by atoms with E-state index in [0.29, 0.717) is 18.8 Å². The van der Waals surface area contributed by atoms with Gasteiger partial charge in [0.15, 0.2) is 5.82 Å². The van der Waals surface area contributed by atoms with Crippen molar-refractivity contribution in [3.8, 4) is 0 Å². The van der Waals surface area contributed by atoms with E-state index in [0.717, 1.165) is 5.69 Å². The van der Waals surface area contributed by atoms with Gasteiger partial charge in [-0.3, -0.25) is 4.68 Å². The molecule has 0 bridgehead atoms. The van der Waals surface area contributed by atoms with Gasteiger partial charge in [0, 0.05) is 45.5 Å². The van der Waals surface area contributed by atoms with E-state index in [1.54, 1.807) is 34.9 Å². The average molecular weight is 312 g/mol. The van der Waals surface area contributed by atoms with Crippen molar-refractivity contribution in [1.29, 1.82) is 0 Å². The Bertz CT molecular complexity index is 703. The Labute approximate surface area is 124 Å². The maximum atomic E-state index is 12.2. The summed E-state index contributed by atoms with van der Waals surface area (Å²) in [6, 6.07) is 1.66. The molecule has 0 aromatic carbocycles. The molecule has 0 fully saturated rings. The monoisotopic (exact) mass is 312 g/mol. The topological polar surface area (TPSA) is 93.8 Å². The van der Waals surface area contributed by atoms with Crippen molar-refractivity contribution in [2.24, 2.45) is 14.1 Å². The van der Waals surface area contributed by atoms with E-state index < -0.39 is 10.0 Å². The maximum Gasteiger partial charge on any atom is 0.242 e. The van der Waals surface area contributed by atoms with Crippen LogP contribution in [-0.2, 0) is 37.1 Å².